The summed E-state index contributed by atoms with van der Waals surface area (Å²) < 4.78 is 0. The van der Waals surface area contributed by atoms with E-state index in [-0.39, 0.29) is 26.0 Å². The maximum Gasteiger partial charge on any atom is 0.220 e. The highest BCUT2D eigenvalue weighted by Crippen LogP contribution is 2.15. The predicted molar refractivity (Wildman–Crippen MR) is 122 cm³/mol. The van der Waals surface area contributed by atoms with E-state index >= 15 is 0 Å². The van der Waals surface area contributed by atoms with E-state index < -0.39 is 0 Å². The molecule has 1 aliphatic heterocycles. The van der Waals surface area contributed by atoms with Gasteiger partial charge in [-0.25, -0.2) is 0 Å². The number of unbranched alkanes of at least 4 members (excludes halogenated alkanes) is 7. The number of aliphatic hydroxyl groups is 1. The average molecular weight is 403 g/mol. The van der Waals surface area contributed by atoms with Crippen molar-refractivity contribution in [2.24, 2.45) is 0 Å². The first-order valence-corrected chi connectivity index (χ1v) is 11.6. The van der Waals surface area contributed by atoms with Crippen LogP contribution in [0.25, 0.3) is 0 Å². The molecule has 2 N–H and O–H groups in total. The van der Waals surface area contributed by atoms with Crippen molar-refractivity contribution in [1.29, 1.82) is 0 Å². The molecule has 0 spiro atoms. The molecule has 1 heterocycles. The molecular weight excluding hydrogens is 352 g/mol. The third-order valence-corrected chi connectivity index (χ3v) is 4.95. The fourth-order valence-corrected chi connectivity index (χ4v) is 3.42. The van der Waals surface area contributed by atoms with Gasteiger partial charge in [0, 0.05) is 32.9 Å². The molecule has 28 heavy (non-hydrogen) atoms. The molecule has 0 aliphatic carbocycles. The Kier molecular flexibility index (Phi) is 21.7. The second-order valence-corrected chi connectivity index (χ2v) is 7.31. The Labute approximate surface area is 176 Å². The molecule has 0 bridgehead atoms. The van der Waals surface area contributed by atoms with Gasteiger partial charge < -0.3 is 15.2 Å². The first-order valence-electron chi connectivity index (χ1n) is 11.6. The standard InChI is InChI=1S/C19H36N2O3.2C2H6.H2/c1-16(23)11-9-7-5-3-4-6-8-10-12-19(24)20-17-13-18(15-22)21(2)14-17;2*1-2;/h17-18,22H,3-15H2,1-2H3,(H,20,24);2*1-2H3;1H/t17-,18+;;;/m1.../s1. The highest BCUT2D eigenvalue weighted by molar-refractivity contribution is 5.76. The first kappa shape index (κ1) is 29.3. The van der Waals surface area contributed by atoms with E-state index in [1.807, 2.05) is 34.7 Å². The number of rotatable bonds is 13. The van der Waals surface area contributed by atoms with Crippen LogP contribution < -0.4 is 5.32 Å². The zero-order chi connectivity index (χ0) is 21.8. The quantitative estimate of drug-likeness (QED) is 0.427. The van der Waals surface area contributed by atoms with Crippen LogP contribution in [0.1, 0.15) is 107 Å². The summed E-state index contributed by atoms with van der Waals surface area (Å²) in [5.41, 5.74) is 0. The van der Waals surface area contributed by atoms with Crippen LogP contribution in [0.15, 0.2) is 0 Å². The zero-order valence-electron chi connectivity index (χ0n) is 19.6. The molecule has 0 aromatic carbocycles. The largest absolute Gasteiger partial charge is 0.395 e. The lowest BCUT2D eigenvalue weighted by atomic mass is 10.1. The van der Waals surface area contributed by atoms with E-state index in [0.29, 0.717) is 12.2 Å². The Morgan fingerprint density at radius 1 is 0.929 bits per heavy atom. The van der Waals surface area contributed by atoms with Gasteiger partial charge in [0.25, 0.3) is 0 Å². The lowest BCUT2D eigenvalue weighted by Gasteiger charge is -2.15. The number of amides is 1. The monoisotopic (exact) mass is 402 g/mol. The van der Waals surface area contributed by atoms with Crippen LogP contribution in [0.2, 0.25) is 0 Å². The molecule has 1 saturated heterocycles. The van der Waals surface area contributed by atoms with E-state index in [0.717, 1.165) is 45.1 Å². The molecule has 1 rings (SSSR count). The lowest BCUT2D eigenvalue weighted by Crippen LogP contribution is -2.36. The van der Waals surface area contributed by atoms with Crippen molar-refractivity contribution in [3.63, 3.8) is 0 Å². The van der Waals surface area contributed by atoms with Crippen molar-refractivity contribution >= 4 is 11.7 Å². The molecule has 170 valence electrons. The number of Topliss-reactive ketones (excluding diaryl/α,β-unsaturated/α-hetero) is 1. The molecule has 0 aromatic heterocycles. The number of carbonyl (C=O) groups excluding carboxylic acids is 2. The number of carbonyl (C=O) groups is 2. The molecule has 5 heteroatoms. The van der Waals surface area contributed by atoms with Crippen molar-refractivity contribution in [2.45, 2.75) is 117 Å². The Morgan fingerprint density at radius 2 is 1.39 bits per heavy atom. The van der Waals surface area contributed by atoms with Crippen molar-refractivity contribution in [3.05, 3.63) is 0 Å². The Hall–Kier alpha value is -0.940. The van der Waals surface area contributed by atoms with Crippen LogP contribution in [0, 0.1) is 0 Å². The fourth-order valence-electron chi connectivity index (χ4n) is 3.42. The normalized spacial score (nSPS) is 18.5. The predicted octanol–water partition coefficient (Wildman–Crippen LogP) is 4.96. The highest BCUT2D eigenvalue weighted by Gasteiger charge is 2.29. The number of ketones is 1. The van der Waals surface area contributed by atoms with Gasteiger partial charge in [0.15, 0.2) is 0 Å². The Bertz CT molecular complexity index is 381. The van der Waals surface area contributed by atoms with Crippen LogP contribution >= 0.6 is 0 Å². The summed E-state index contributed by atoms with van der Waals surface area (Å²) in [6.07, 6.45) is 11.3. The number of nitrogens with one attached hydrogen (secondary N) is 1. The van der Waals surface area contributed by atoms with Gasteiger partial charge in [-0.05, 0) is 33.2 Å². The van der Waals surface area contributed by atoms with E-state index in [9.17, 15) is 14.7 Å². The minimum atomic E-state index is 0. The maximum absolute atomic E-state index is 11.9. The van der Waals surface area contributed by atoms with Gasteiger partial charge in [-0.15, -0.1) is 0 Å². The third kappa shape index (κ3) is 16.1. The summed E-state index contributed by atoms with van der Waals surface area (Å²) in [5, 5.41) is 12.3. The van der Waals surface area contributed by atoms with Gasteiger partial charge >= 0.3 is 0 Å². The minimum absolute atomic E-state index is 0. The maximum atomic E-state index is 11.9. The van der Waals surface area contributed by atoms with Gasteiger partial charge in [0.05, 0.1) is 6.61 Å². The number of likely N-dealkylation sites (tertiary alicyclic amines) is 1. The van der Waals surface area contributed by atoms with Gasteiger partial charge in [0.1, 0.15) is 5.78 Å². The molecule has 0 aromatic rings. The summed E-state index contributed by atoms with van der Waals surface area (Å²) in [7, 11) is 1.99. The summed E-state index contributed by atoms with van der Waals surface area (Å²) in [6, 6.07) is 0.375. The molecule has 5 nitrogen and oxygen atoms in total. The van der Waals surface area contributed by atoms with E-state index in [2.05, 4.69) is 10.2 Å². The van der Waals surface area contributed by atoms with Crippen LogP contribution in [-0.4, -0.2) is 54.0 Å². The number of aliphatic hydroxyl groups excluding tert-OH is 1. The smallest absolute Gasteiger partial charge is 0.220 e. The molecule has 0 unspecified atom stereocenters. The van der Waals surface area contributed by atoms with E-state index in [4.69, 9.17) is 0 Å². The second-order valence-electron chi connectivity index (χ2n) is 7.31. The van der Waals surface area contributed by atoms with Gasteiger partial charge in [-0.3, -0.25) is 9.69 Å². The van der Waals surface area contributed by atoms with Crippen LogP contribution in [0.4, 0.5) is 0 Å². The highest BCUT2D eigenvalue weighted by atomic mass is 16.3. The van der Waals surface area contributed by atoms with E-state index in [1.165, 1.54) is 25.7 Å². The average Bonchev–Trinajstić information content (AvgIpc) is 3.05. The molecule has 1 amide bonds. The number of hydrogen-bond acceptors (Lipinski definition) is 4. The molecule has 1 aliphatic rings. The molecule has 2 atom stereocenters. The van der Waals surface area contributed by atoms with Crippen LogP contribution in [0.5, 0.6) is 0 Å². The third-order valence-electron chi connectivity index (χ3n) is 4.95. The van der Waals surface area contributed by atoms with Crippen molar-refractivity contribution in [3.8, 4) is 0 Å². The number of likely N-dealkylation sites (N-methyl/N-ethyl adjacent to an activating group) is 1. The molecule has 0 saturated carbocycles. The molecular formula is C23H50N2O3. The summed E-state index contributed by atoms with van der Waals surface area (Å²) in [4.78, 5) is 24.9. The summed E-state index contributed by atoms with van der Waals surface area (Å²) in [6.45, 7) is 10.7. The SMILES string of the molecule is CC.CC.CC(=O)CCCCCCCCCCC(=O)N[C@@H]1C[C@@H](CO)N(C)C1.[HH]. The first-order chi connectivity index (χ1) is 13.5. The zero-order valence-corrected chi connectivity index (χ0v) is 19.6. The van der Waals surface area contributed by atoms with E-state index in [1.54, 1.807) is 6.92 Å². The van der Waals surface area contributed by atoms with Crippen molar-refractivity contribution in [1.82, 2.24) is 10.2 Å². The summed E-state index contributed by atoms with van der Waals surface area (Å²) >= 11 is 0. The number of nitrogens with zero attached hydrogens (tertiary/aromatic N) is 1. The van der Waals surface area contributed by atoms with Crippen LogP contribution in [0.3, 0.4) is 0 Å². The molecule has 1 fully saturated rings. The fraction of sp³-hybridized carbons (Fsp3) is 0.913. The number of hydrogen-bond donors (Lipinski definition) is 2. The second kappa shape index (κ2) is 20.8. The molecule has 0 radical (unpaired) electrons. The van der Waals surface area contributed by atoms with Gasteiger partial charge in [-0.1, -0.05) is 66.2 Å². The van der Waals surface area contributed by atoms with Crippen molar-refractivity contribution in [2.75, 3.05) is 20.2 Å². The van der Waals surface area contributed by atoms with Crippen LogP contribution in [-0.2, 0) is 9.59 Å². The Morgan fingerprint density at radius 3 is 1.82 bits per heavy atom. The lowest BCUT2D eigenvalue weighted by molar-refractivity contribution is -0.122. The van der Waals surface area contributed by atoms with Crippen molar-refractivity contribution < 1.29 is 16.1 Å². The van der Waals surface area contributed by atoms with Gasteiger partial charge in [-0.2, -0.15) is 0 Å². The Balaban J connectivity index is -0.00000127. The van der Waals surface area contributed by atoms with Gasteiger partial charge in [0.2, 0.25) is 5.91 Å². The minimum Gasteiger partial charge on any atom is -0.395 e. The topological polar surface area (TPSA) is 69.6 Å². The summed E-state index contributed by atoms with van der Waals surface area (Å²) in [5.74, 6) is 0.445.